The van der Waals surface area contributed by atoms with Crippen LogP contribution in [0.2, 0.25) is 0 Å². The summed E-state index contributed by atoms with van der Waals surface area (Å²) in [6.45, 7) is 3.32. The van der Waals surface area contributed by atoms with Gasteiger partial charge in [0.1, 0.15) is 13.2 Å². The van der Waals surface area contributed by atoms with E-state index in [9.17, 15) is 4.79 Å². The fraction of sp³-hybridized carbons (Fsp3) is 0.632. The number of fused-ring (bicyclic) bond motifs is 1. The van der Waals surface area contributed by atoms with Crippen molar-refractivity contribution in [2.45, 2.75) is 44.7 Å². The zero-order valence-electron chi connectivity index (χ0n) is 14.5. The molecular weight excluding hydrogens is 304 g/mol. The van der Waals surface area contributed by atoms with Gasteiger partial charge in [-0.2, -0.15) is 0 Å². The number of nitrogens with zero attached hydrogens (tertiary/aromatic N) is 1. The van der Waals surface area contributed by atoms with Crippen molar-refractivity contribution in [2.75, 3.05) is 20.3 Å². The van der Waals surface area contributed by atoms with Gasteiger partial charge in [-0.25, -0.2) is 4.79 Å². The number of carbonyl (C=O) groups is 1. The van der Waals surface area contributed by atoms with E-state index in [-0.39, 0.29) is 12.1 Å². The van der Waals surface area contributed by atoms with Crippen LogP contribution in [0, 0.1) is 11.8 Å². The summed E-state index contributed by atoms with van der Waals surface area (Å²) in [5, 5.41) is 3.26. The normalized spacial score (nSPS) is 21.8. The smallest absolute Gasteiger partial charge is 0.317 e. The molecule has 2 amide bonds. The van der Waals surface area contributed by atoms with E-state index >= 15 is 0 Å². The predicted octanol–water partition coefficient (Wildman–Crippen LogP) is 3.35. The van der Waals surface area contributed by atoms with E-state index in [1.165, 1.54) is 25.7 Å². The Bertz CT molecular complexity index is 625. The van der Waals surface area contributed by atoms with E-state index in [0.29, 0.717) is 31.1 Å². The molecule has 5 nitrogen and oxygen atoms in total. The molecule has 1 N–H and O–H groups in total. The quantitative estimate of drug-likeness (QED) is 0.901. The van der Waals surface area contributed by atoms with Gasteiger partial charge >= 0.3 is 6.03 Å². The lowest BCUT2D eigenvalue weighted by molar-refractivity contribution is 0.171. The third kappa shape index (κ3) is 3.17. The van der Waals surface area contributed by atoms with Crippen LogP contribution < -0.4 is 14.8 Å². The van der Waals surface area contributed by atoms with Crippen molar-refractivity contribution in [3.8, 4) is 11.5 Å². The number of urea groups is 1. The second-order valence-corrected chi connectivity index (χ2v) is 7.36. The topological polar surface area (TPSA) is 50.8 Å². The lowest BCUT2D eigenvalue weighted by atomic mass is 10.0. The van der Waals surface area contributed by atoms with E-state index in [4.69, 9.17) is 9.47 Å². The van der Waals surface area contributed by atoms with E-state index < -0.39 is 0 Å². The Morgan fingerprint density at radius 2 is 1.79 bits per heavy atom. The summed E-state index contributed by atoms with van der Waals surface area (Å²) in [7, 11) is 1.91. The summed E-state index contributed by atoms with van der Waals surface area (Å²) in [5.41, 5.74) is 1.11. The molecule has 2 atom stereocenters. The second kappa shape index (κ2) is 6.19. The molecule has 0 aromatic heterocycles. The molecule has 0 saturated heterocycles. The van der Waals surface area contributed by atoms with Gasteiger partial charge in [0.15, 0.2) is 11.5 Å². The van der Waals surface area contributed by atoms with Gasteiger partial charge < -0.3 is 19.7 Å². The highest BCUT2D eigenvalue weighted by molar-refractivity contribution is 5.75. The zero-order chi connectivity index (χ0) is 16.7. The molecule has 2 saturated carbocycles. The van der Waals surface area contributed by atoms with Gasteiger partial charge in [0, 0.05) is 13.1 Å². The summed E-state index contributed by atoms with van der Waals surface area (Å²) in [4.78, 5) is 14.5. The van der Waals surface area contributed by atoms with E-state index in [2.05, 4.69) is 18.3 Å². The Kier molecular flexibility index (Phi) is 4.02. The fourth-order valence-electron chi connectivity index (χ4n) is 3.47. The predicted molar refractivity (Wildman–Crippen MR) is 91.4 cm³/mol. The SMILES string of the molecule is C[C@@H](C1CC1)N(C)C(=O)N[C@H](c1ccc2c(c1)OCCO2)C1CC1. The molecule has 0 radical (unpaired) electrons. The summed E-state index contributed by atoms with van der Waals surface area (Å²) >= 11 is 0. The molecule has 24 heavy (non-hydrogen) atoms. The number of nitrogens with one attached hydrogen (secondary N) is 1. The maximum Gasteiger partial charge on any atom is 0.317 e. The molecule has 2 aliphatic carbocycles. The van der Waals surface area contributed by atoms with Gasteiger partial charge in [-0.15, -0.1) is 0 Å². The average molecular weight is 330 g/mol. The Morgan fingerprint density at radius 1 is 1.12 bits per heavy atom. The van der Waals surface area contributed by atoms with Crippen LogP contribution in [0.4, 0.5) is 4.79 Å². The number of rotatable bonds is 5. The van der Waals surface area contributed by atoms with Crippen molar-refractivity contribution in [3.63, 3.8) is 0 Å². The Labute approximate surface area is 143 Å². The van der Waals surface area contributed by atoms with Crippen LogP contribution in [-0.2, 0) is 0 Å². The molecule has 1 aromatic rings. The standard InChI is InChI=1S/C19H26N2O3/c1-12(13-3-4-13)21(2)19(22)20-18(14-5-6-14)15-7-8-16-17(11-15)24-10-9-23-16/h7-8,11-14,18H,3-6,9-10H2,1-2H3,(H,20,22)/t12-,18-/m0/s1. The first-order valence-electron chi connectivity index (χ1n) is 9.06. The second-order valence-electron chi connectivity index (χ2n) is 7.36. The number of ether oxygens (including phenoxy) is 2. The molecule has 0 spiro atoms. The van der Waals surface area contributed by atoms with Crippen molar-refractivity contribution in [1.82, 2.24) is 10.2 Å². The van der Waals surface area contributed by atoms with Crippen molar-refractivity contribution < 1.29 is 14.3 Å². The maximum atomic E-state index is 12.7. The number of carbonyl (C=O) groups excluding carboxylic acids is 1. The molecule has 1 aliphatic heterocycles. The van der Waals surface area contributed by atoms with Crippen LogP contribution >= 0.6 is 0 Å². The van der Waals surface area contributed by atoms with Crippen LogP contribution in [0.15, 0.2) is 18.2 Å². The Hall–Kier alpha value is -1.91. The lowest BCUT2D eigenvalue weighted by Gasteiger charge is -2.29. The Balaban J connectivity index is 1.49. The average Bonchev–Trinajstić information content (AvgIpc) is 3.49. The molecule has 4 rings (SSSR count). The molecule has 130 valence electrons. The molecule has 3 aliphatic rings. The molecule has 0 unspecified atom stereocenters. The van der Waals surface area contributed by atoms with Crippen molar-refractivity contribution >= 4 is 6.03 Å². The summed E-state index contributed by atoms with van der Waals surface area (Å²) in [6.07, 6.45) is 4.82. The van der Waals surface area contributed by atoms with Crippen molar-refractivity contribution in [3.05, 3.63) is 23.8 Å². The van der Waals surface area contributed by atoms with Crippen LogP contribution in [0.3, 0.4) is 0 Å². The summed E-state index contributed by atoms with van der Waals surface area (Å²) < 4.78 is 11.3. The van der Waals surface area contributed by atoms with Crippen molar-refractivity contribution in [1.29, 1.82) is 0 Å². The first-order chi connectivity index (χ1) is 11.6. The van der Waals surface area contributed by atoms with E-state index in [1.54, 1.807) is 0 Å². The maximum absolute atomic E-state index is 12.7. The largest absolute Gasteiger partial charge is 0.486 e. The molecular formula is C19H26N2O3. The van der Waals surface area contributed by atoms with Crippen LogP contribution in [-0.4, -0.2) is 37.2 Å². The van der Waals surface area contributed by atoms with E-state index in [0.717, 1.165) is 17.1 Å². The molecule has 1 aromatic carbocycles. The van der Waals surface area contributed by atoms with Gasteiger partial charge in [-0.1, -0.05) is 6.07 Å². The summed E-state index contributed by atoms with van der Waals surface area (Å²) in [6, 6.07) is 6.44. The van der Waals surface area contributed by atoms with Gasteiger partial charge in [0.05, 0.1) is 6.04 Å². The van der Waals surface area contributed by atoms with Crippen LogP contribution in [0.25, 0.3) is 0 Å². The van der Waals surface area contributed by atoms with E-state index in [1.807, 2.05) is 24.1 Å². The Morgan fingerprint density at radius 3 is 2.46 bits per heavy atom. The van der Waals surface area contributed by atoms with Crippen LogP contribution in [0.5, 0.6) is 11.5 Å². The zero-order valence-corrected chi connectivity index (χ0v) is 14.5. The highest BCUT2D eigenvalue weighted by Crippen LogP contribution is 2.43. The fourth-order valence-corrected chi connectivity index (χ4v) is 3.47. The van der Waals surface area contributed by atoms with Crippen molar-refractivity contribution in [2.24, 2.45) is 11.8 Å². The number of hydrogen-bond donors (Lipinski definition) is 1. The third-order valence-electron chi connectivity index (χ3n) is 5.53. The first-order valence-corrected chi connectivity index (χ1v) is 9.06. The minimum atomic E-state index is 0.0289. The molecule has 0 bridgehead atoms. The molecule has 2 fully saturated rings. The molecule has 5 heteroatoms. The first kappa shape index (κ1) is 15.6. The van der Waals surface area contributed by atoms with Gasteiger partial charge in [-0.05, 0) is 62.1 Å². The monoisotopic (exact) mass is 330 g/mol. The van der Waals surface area contributed by atoms with Crippen LogP contribution in [0.1, 0.15) is 44.2 Å². The minimum Gasteiger partial charge on any atom is -0.486 e. The highest BCUT2D eigenvalue weighted by atomic mass is 16.6. The van der Waals surface area contributed by atoms with Gasteiger partial charge in [0.2, 0.25) is 0 Å². The van der Waals surface area contributed by atoms with Gasteiger partial charge in [0.25, 0.3) is 0 Å². The number of hydrogen-bond acceptors (Lipinski definition) is 3. The van der Waals surface area contributed by atoms with Gasteiger partial charge in [-0.3, -0.25) is 0 Å². The minimum absolute atomic E-state index is 0.0289. The third-order valence-corrected chi connectivity index (χ3v) is 5.53. The lowest BCUT2D eigenvalue weighted by Crippen LogP contribution is -2.45. The molecule has 1 heterocycles. The number of amides is 2. The number of benzene rings is 1. The highest BCUT2D eigenvalue weighted by Gasteiger charge is 2.37. The summed E-state index contributed by atoms with van der Waals surface area (Å²) in [5.74, 6) is 2.79.